The van der Waals surface area contributed by atoms with Gasteiger partial charge in [0, 0.05) is 15.6 Å². The third-order valence-corrected chi connectivity index (χ3v) is 5.23. The van der Waals surface area contributed by atoms with Gasteiger partial charge in [0.25, 0.3) is 0 Å². The number of nitrogens with two attached hydrogens (primary N) is 1. The molecule has 0 spiro atoms. The van der Waals surface area contributed by atoms with Crippen LogP contribution in [0.5, 0.6) is 11.6 Å². The maximum absolute atomic E-state index is 9.77. The summed E-state index contributed by atoms with van der Waals surface area (Å²) < 4.78 is 11.1. The zero-order valence-electron chi connectivity index (χ0n) is 15.4. The summed E-state index contributed by atoms with van der Waals surface area (Å²) in [7, 11) is 0. The Morgan fingerprint density at radius 3 is 2.66 bits per heavy atom. The van der Waals surface area contributed by atoms with Crippen molar-refractivity contribution in [2.45, 2.75) is 12.8 Å². The van der Waals surface area contributed by atoms with Crippen LogP contribution in [0.3, 0.4) is 0 Å². The molecule has 0 saturated heterocycles. The predicted octanol–water partition coefficient (Wildman–Crippen LogP) is 5.00. The van der Waals surface area contributed by atoms with Crippen molar-refractivity contribution < 1.29 is 9.47 Å². The number of hydrogen-bond acceptors (Lipinski definition) is 5. The molecule has 8 heteroatoms. The van der Waals surface area contributed by atoms with E-state index in [0.717, 1.165) is 11.3 Å². The minimum absolute atomic E-state index is 0.000704. The SMILES string of the molecule is CCOc1ccc(-c2[nH]nc3c2[C@@H](c2ccc(Cl)cc2Cl)C(C#N)=C(N)O3)cc1. The molecule has 2 aromatic carbocycles. The van der Waals surface area contributed by atoms with Crippen LogP contribution >= 0.6 is 23.2 Å². The van der Waals surface area contributed by atoms with E-state index >= 15 is 0 Å². The Morgan fingerprint density at radius 2 is 2.00 bits per heavy atom. The van der Waals surface area contributed by atoms with Crippen molar-refractivity contribution in [3.05, 3.63) is 75.1 Å². The van der Waals surface area contributed by atoms with Crippen LogP contribution in [-0.4, -0.2) is 16.8 Å². The molecule has 29 heavy (non-hydrogen) atoms. The van der Waals surface area contributed by atoms with Crippen LogP contribution < -0.4 is 15.2 Å². The average Bonchev–Trinajstić information content (AvgIpc) is 3.11. The van der Waals surface area contributed by atoms with E-state index in [4.69, 9.17) is 38.4 Å². The molecule has 1 atom stereocenters. The summed E-state index contributed by atoms with van der Waals surface area (Å²) in [4.78, 5) is 0. The maximum atomic E-state index is 9.77. The van der Waals surface area contributed by atoms with Gasteiger partial charge in [-0.3, -0.25) is 5.10 Å². The Balaban J connectivity index is 1.89. The molecule has 1 aromatic heterocycles. The standard InChI is InChI=1S/C21H16Cl2N4O2/c1-2-28-13-6-3-11(4-7-13)19-18-17(14-8-5-12(22)9-16(14)23)15(10-24)20(25)29-21(18)27-26-19/h3-9,17H,2,25H2,1H3,(H,26,27)/t17-/m0/s1. The normalized spacial score (nSPS) is 15.4. The largest absolute Gasteiger partial charge is 0.494 e. The van der Waals surface area contributed by atoms with Crippen molar-refractivity contribution in [2.24, 2.45) is 5.73 Å². The van der Waals surface area contributed by atoms with Crippen LogP contribution in [0.4, 0.5) is 0 Å². The number of nitrogens with one attached hydrogen (secondary N) is 1. The highest BCUT2D eigenvalue weighted by molar-refractivity contribution is 6.35. The lowest BCUT2D eigenvalue weighted by Gasteiger charge is -2.25. The third kappa shape index (κ3) is 3.39. The van der Waals surface area contributed by atoms with E-state index in [1.165, 1.54) is 0 Å². The molecule has 2 heterocycles. The van der Waals surface area contributed by atoms with Crippen LogP contribution in [0.25, 0.3) is 11.3 Å². The van der Waals surface area contributed by atoms with Crippen LogP contribution in [0.2, 0.25) is 10.0 Å². The number of ether oxygens (including phenoxy) is 2. The molecular weight excluding hydrogens is 411 g/mol. The molecule has 0 fully saturated rings. The highest BCUT2D eigenvalue weighted by Gasteiger charge is 2.36. The van der Waals surface area contributed by atoms with Gasteiger partial charge in [0.05, 0.1) is 23.8 Å². The second kappa shape index (κ2) is 7.70. The number of aromatic amines is 1. The monoisotopic (exact) mass is 426 g/mol. The van der Waals surface area contributed by atoms with Gasteiger partial charge in [-0.25, -0.2) is 0 Å². The van der Waals surface area contributed by atoms with E-state index in [9.17, 15) is 5.26 Å². The number of hydrogen-bond donors (Lipinski definition) is 2. The lowest BCUT2D eigenvalue weighted by molar-refractivity contribution is 0.340. The van der Waals surface area contributed by atoms with Gasteiger partial charge in [-0.15, -0.1) is 5.10 Å². The molecular formula is C21H16Cl2N4O2. The Bertz CT molecular complexity index is 1150. The van der Waals surface area contributed by atoms with Crippen LogP contribution in [0.1, 0.15) is 24.0 Å². The summed E-state index contributed by atoms with van der Waals surface area (Å²) in [5.41, 5.74) is 9.21. The fourth-order valence-electron chi connectivity index (χ4n) is 3.40. The summed E-state index contributed by atoms with van der Waals surface area (Å²) in [6.45, 7) is 2.51. The van der Waals surface area contributed by atoms with E-state index in [1.54, 1.807) is 18.2 Å². The molecule has 0 saturated carbocycles. The number of halogens is 2. The molecule has 6 nitrogen and oxygen atoms in total. The maximum Gasteiger partial charge on any atom is 0.244 e. The topological polar surface area (TPSA) is 97.0 Å². The number of H-pyrrole nitrogens is 1. The molecule has 146 valence electrons. The number of fused-ring (bicyclic) bond motifs is 1. The smallest absolute Gasteiger partial charge is 0.244 e. The van der Waals surface area contributed by atoms with Gasteiger partial charge in [0.15, 0.2) is 0 Å². The van der Waals surface area contributed by atoms with Crippen molar-refractivity contribution >= 4 is 23.2 Å². The van der Waals surface area contributed by atoms with Gasteiger partial charge < -0.3 is 15.2 Å². The highest BCUT2D eigenvalue weighted by Crippen LogP contribution is 2.47. The quantitative estimate of drug-likeness (QED) is 0.611. The molecule has 3 N–H and O–H groups in total. The first-order valence-corrected chi connectivity index (χ1v) is 9.63. The molecule has 1 aliphatic heterocycles. The van der Waals surface area contributed by atoms with E-state index in [-0.39, 0.29) is 11.5 Å². The first kappa shape index (κ1) is 19.2. The molecule has 0 bridgehead atoms. The number of benzene rings is 2. The predicted molar refractivity (Wildman–Crippen MR) is 111 cm³/mol. The van der Waals surface area contributed by atoms with E-state index in [0.29, 0.717) is 39.4 Å². The van der Waals surface area contributed by atoms with Gasteiger partial charge >= 0.3 is 0 Å². The van der Waals surface area contributed by atoms with Gasteiger partial charge in [-0.1, -0.05) is 29.3 Å². The molecule has 0 unspecified atom stereocenters. The zero-order valence-corrected chi connectivity index (χ0v) is 16.9. The molecule has 0 amide bonds. The summed E-state index contributed by atoms with van der Waals surface area (Å²) in [6.07, 6.45) is 0. The fourth-order valence-corrected chi connectivity index (χ4v) is 3.91. The Morgan fingerprint density at radius 1 is 1.24 bits per heavy atom. The minimum atomic E-state index is -0.547. The number of aromatic nitrogens is 2. The second-order valence-electron chi connectivity index (χ2n) is 6.37. The number of rotatable bonds is 4. The minimum Gasteiger partial charge on any atom is -0.494 e. The number of allylic oxidation sites excluding steroid dienone is 1. The molecule has 1 aliphatic rings. The van der Waals surface area contributed by atoms with Crippen molar-refractivity contribution in [1.82, 2.24) is 10.2 Å². The first-order valence-electron chi connectivity index (χ1n) is 8.87. The zero-order chi connectivity index (χ0) is 20.5. The molecule has 3 aromatic rings. The van der Waals surface area contributed by atoms with Crippen molar-refractivity contribution in [1.29, 1.82) is 5.26 Å². The molecule has 4 rings (SSSR count). The second-order valence-corrected chi connectivity index (χ2v) is 7.21. The van der Waals surface area contributed by atoms with Crippen molar-refractivity contribution in [3.63, 3.8) is 0 Å². The Hall–Kier alpha value is -3.14. The van der Waals surface area contributed by atoms with Gasteiger partial charge in [-0.05, 0) is 48.9 Å². The number of nitrogens with zero attached hydrogens (tertiary/aromatic N) is 2. The molecule has 0 aliphatic carbocycles. The summed E-state index contributed by atoms with van der Waals surface area (Å²) >= 11 is 12.5. The Labute approximate surface area is 177 Å². The van der Waals surface area contributed by atoms with E-state index < -0.39 is 5.92 Å². The molecule has 0 radical (unpaired) electrons. The summed E-state index contributed by atoms with van der Waals surface area (Å²) in [5, 5.41) is 18.0. The van der Waals surface area contributed by atoms with Crippen LogP contribution in [0.15, 0.2) is 53.9 Å². The van der Waals surface area contributed by atoms with Gasteiger partial charge in [-0.2, -0.15) is 5.26 Å². The van der Waals surface area contributed by atoms with E-state index in [2.05, 4.69) is 16.3 Å². The van der Waals surface area contributed by atoms with Crippen molar-refractivity contribution in [3.8, 4) is 29.0 Å². The average molecular weight is 427 g/mol. The summed E-state index contributed by atoms with van der Waals surface area (Å²) in [5.74, 6) is 0.524. The third-order valence-electron chi connectivity index (χ3n) is 4.67. The van der Waals surface area contributed by atoms with Crippen molar-refractivity contribution in [2.75, 3.05) is 6.61 Å². The lowest BCUT2D eigenvalue weighted by Crippen LogP contribution is -2.21. The lowest BCUT2D eigenvalue weighted by atomic mass is 9.83. The first-order chi connectivity index (χ1) is 14.0. The van der Waals surface area contributed by atoms with Gasteiger partial charge in [0.1, 0.15) is 17.4 Å². The van der Waals surface area contributed by atoms with Crippen LogP contribution in [-0.2, 0) is 0 Å². The van der Waals surface area contributed by atoms with Gasteiger partial charge in [0.2, 0.25) is 11.8 Å². The Kier molecular flexibility index (Phi) is 5.10. The summed E-state index contributed by atoms with van der Waals surface area (Å²) in [6, 6.07) is 14.9. The fraction of sp³-hybridized carbons (Fsp3) is 0.143. The van der Waals surface area contributed by atoms with Crippen LogP contribution in [0, 0.1) is 11.3 Å². The van der Waals surface area contributed by atoms with E-state index in [1.807, 2.05) is 31.2 Å². The highest BCUT2D eigenvalue weighted by atomic mass is 35.5. The number of nitriles is 1.